The van der Waals surface area contributed by atoms with E-state index in [2.05, 4.69) is 55.4 Å². The van der Waals surface area contributed by atoms with Crippen LogP contribution >= 0.6 is 0 Å². The molecule has 0 saturated carbocycles. The van der Waals surface area contributed by atoms with Crippen LogP contribution in [0.5, 0.6) is 0 Å². The van der Waals surface area contributed by atoms with Crippen LogP contribution in [0.15, 0.2) is 0 Å². The van der Waals surface area contributed by atoms with Crippen molar-refractivity contribution in [1.29, 1.82) is 0 Å². The molecular formula is C12H28Ti-3. The van der Waals surface area contributed by atoms with Gasteiger partial charge in [-0.05, 0) is 0 Å². The monoisotopic (exact) mass is 220 g/mol. The topological polar surface area (TPSA) is 0 Å². The first-order valence-corrected chi connectivity index (χ1v) is 9.38. The quantitative estimate of drug-likeness (QED) is 0.552. The predicted octanol–water partition coefficient (Wildman–Crippen LogP) is 5.45. The van der Waals surface area contributed by atoms with Gasteiger partial charge in [0.15, 0.2) is 0 Å². The molecule has 0 spiro atoms. The minimum absolute atomic E-state index is 0.958. The van der Waals surface area contributed by atoms with Gasteiger partial charge in [0, 0.05) is 0 Å². The molecule has 0 unspecified atom stereocenters. The third-order valence-corrected chi connectivity index (χ3v) is 16.5. The summed E-state index contributed by atoms with van der Waals surface area (Å²) >= 11 is -1.67. The van der Waals surface area contributed by atoms with Gasteiger partial charge in [0.05, 0.1) is 0 Å². The van der Waals surface area contributed by atoms with Gasteiger partial charge in [-0.1, -0.05) is 0 Å². The Kier molecular flexibility index (Phi) is 5.26. The zero-order chi connectivity index (χ0) is 10.8. The van der Waals surface area contributed by atoms with Crippen LogP contribution in [0.1, 0.15) is 55.4 Å². The van der Waals surface area contributed by atoms with Crippen molar-refractivity contribution in [3.8, 4) is 0 Å². The molecule has 0 amide bonds. The number of hydrogen-bond donors (Lipinski definition) is 0. The van der Waals surface area contributed by atoms with Crippen LogP contribution in [0.4, 0.5) is 0 Å². The van der Waals surface area contributed by atoms with Crippen LogP contribution in [-0.4, -0.2) is 0 Å². The van der Waals surface area contributed by atoms with E-state index in [-0.39, 0.29) is 0 Å². The molecule has 83 valence electrons. The van der Waals surface area contributed by atoms with Crippen molar-refractivity contribution < 1.29 is 16.6 Å². The first-order chi connectivity index (χ1) is 5.77. The van der Waals surface area contributed by atoms with Gasteiger partial charge < -0.3 is 0 Å². The van der Waals surface area contributed by atoms with Crippen LogP contribution < -0.4 is 0 Å². The zero-order valence-electron chi connectivity index (χ0n) is 10.8. The van der Waals surface area contributed by atoms with E-state index in [0.717, 1.165) is 16.9 Å². The summed E-state index contributed by atoms with van der Waals surface area (Å²) in [5.41, 5.74) is 0. The SMILES string of the molecule is C[CH](C)[Ti-3]([CH](C)C)([CH](C)C)[CH](C)C. The summed E-state index contributed by atoms with van der Waals surface area (Å²) < 4.78 is 3.83. The first kappa shape index (κ1) is 13.7. The molecule has 0 aliphatic heterocycles. The van der Waals surface area contributed by atoms with E-state index in [9.17, 15) is 0 Å². The molecule has 0 heterocycles. The molecule has 0 aliphatic carbocycles. The maximum atomic E-state index is 2.46. The molecule has 0 aromatic heterocycles. The Balaban J connectivity index is 5.06. The summed E-state index contributed by atoms with van der Waals surface area (Å²) in [7, 11) is 0. The number of hydrogen-bond acceptors (Lipinski definition) is 0. The van der Waals surface area contributed by atoms with E-state index < -0.39 is 16.6 Å². The van der Waals surface area contributed by atoms with Crippen molar-refractivity contribution >= 4 is 0 Å². The van der Waals surface area contributed by atoms with Crippen LogP contribution in [0.3, 0.4) is 0 Å². The average molecular weight is 220 g/mol. The molecule has 1 heteroatoms. The number of rotatable bonds is 4. The molecular weight excluding hydrogens is 192 g/mol. The zero-order valence-corrected chi connectivity index (χ0v) is 12.4. The summed E-state index contributed by atoms with van der Waals surface area (Å²) in [4.78, 5) is 0. The molecule has 0 rings (SSSR count). The molecule has 0 aromatic rings. The fourth-order valence-corrected chi connectivity index (χ4v) is 16.5. The van der Waals surface area contributed by atoms with Crippen LogP contribution in [0, 0.1) is 0 Å². The first-order valence-electron chi connectivity index (χ1n) is 5.77. The van der Waals surface area contributed by atoms with Crippen molar-refractivity contribution in [3.05, 3.63) is 0 Å². The average Bonchev–Trinajstić information content (AvgIpc) is 1.82. The third-order valence-electron chi connectivity index (χ3n) is 4.00. The van der Waals surface area contributed by atoms with Gasteiger partial charge in [-0.2, -0.15) is 0 Å². The molecule has 0 fully saturated rings. The van der Waals surface area contributed by atoms with Gasteiger partial charge in [-0.15, -0.1) is 0 Å². The Labute approximate surface area is 88.9 Å². The van der Waals surface area contributed by atoms with Crippen molar-refractivity contribution in [1.82, 2.24) is 0 Å². The summed E-state index contributed by atoms with van der Waals surface area (Å²) in [6.07, 6.45) is 0. The van der Waals surface area contributed by atoms with E-state index in [1.807, 2.05) is 0 Å². The standard InChI is InChI=1S/4C3H7.Ti/c4*1-3-2;/h4*3H,1-2H3;/q;;;;-3. The molecule has 13 heavy (non-hydrogen) atoms. The van der Waals surface area contributed by atoms with E-state index in [0.29, 0.717) is 0 Å². The summed E-state index contributed by atoms with van der Waals surface area (Å²) in [6, 6.07) is 0. The normalized spacial score (nSPS) is 15.1. The second-order valence-electron chi connectivity index (χ2n) is 5.62. The molecule has 0 N–H and O–H groups in total. The van der Waals surface area contributed by atoms with Crippen molar-refractivity contribution in [2.45, 2.75) is 72.3 Å². The van der Waals surface area contributed by atoms with Crippen molar-refractivity contribution in [2.24, 2.45) is 0 Å². The van der Waals surface area contributed by atoms with Gasteiger partial charge in [0.1, 0.15) is 0 Å². The van der Waals surface area contributed by atoms with Gasteiger partial charge in [-0.3, -0.25) is 0 Å². The summed E-state index contributed by atoms with van der Waals surface area (Å²) in [6.45, 7) is 19.7. The third kappa shape index (κ3) is 2.39. The van der Waals surface area contributed by atoms with Crippen molar-refractivity contribution in [2.75, 3.05) is 0 Å². The molecule has 0 atom stereocenters. The minimum atomic E-state index is -1.67. The van der Waals surface area contributed by atoms with Gasteiger partial charge in [0.25, 0.3) is 0 Å². The van der Waals surface area contributed by atoms with E-state index >= 15 is 0 Å². The van der Waals surface area contributed by atoms with Crippen molar-refractivity contribution in [3.63, 3.8) is 0 Å². The van der Waals surface area contributed by atoms with Crippen LogP contribution in [-0.2, 0) is 16.6 Å². The Morgan fingerprint density at radius 2 is 0.615 bits per heavy atom. The Bertz CT molecular complexity index is 108. The Hall–Kier alpha value is 0.714. The van der Waals surface area contributed by atoms with Gasteiger partial charge >= 0.3 is 88.9 Å². The van der Waals surface area contributed by atoms with E-state index in [4.69, 9.17) is 0 Å². The Morgan fingerprint density at radius 1 is 0.462 bits per heavy atom. The fraction of sp³-hybridized carbons (Fsp3) is 1.00. The maximum absolute atomic E-state index is 2.46. The Morgan fingerprint density at radius 3 is 0.615 bits per heavy atom. The predicted molar refractivity (Wildman–Crippen MR) is 60.4 cm³/mol. The molecule has 0 bridgehead atoms. The molecule has 0 radical (unpaired) electrons. The van der Waals surface area contributed by atoms with Gasteiger partial charge in [-0.25, -0.2) is 0 Å². The second kappa shape index (κ2) is 4.98. The molecule has 0 aliphatic rings. The molecule has 0 saturated heterocycles. The molecule has 0 aromatic carbocycles. The summed E-state index contributed by atoms with van der Waals surface area (Å²) in [5, 5.41) is 0. The summed E-state index contributed by atoms with van der Waals surface area (Å²) in [5.74, 6) is 0. The molecule has 0 nitrogen and oxygen atoms in total. The van der Waals surface area contributed by atoms with E-state index in [1.54, 1.807) is 0 Å². The van der Waals surface area contributed by atoms with Gasteiger partial charge in [0.2, 0.25) is 0 Å². The van der Waals surface area contributed by atoms with Crippen LogP contribution in [0.25, 0.3) is 0 Å². The van der Waals surface area contributed by atoms with E-state index in [1.165, 1.54) is 0 Å². The fourth-order valence-electron chi connectivity index (χ4n) is 4.00. The second-order valence-corrected chi connectivity index (χ2v) is 16.0. The van der Waals surface area contributed by atoms with Crippen LogP contribution in [0.2, 0.25) is 16.9 Å².